The molecule has 0 amide bonds. The number of fused-ring (bicyclic) bond motifs is 1. The van der Waals surface area contributed by atoms with Gasteiger partial charge in [0, 0.05) is 23.6 Å². The van der Waals surface area contributed by atoms with Crippen LogP contribution in [0.1, 0.15) is 38.4 Å². The Morgan fingerprint density at radius 3 is 2.69 bits per heavy atom. The van der Waals surface area contributed by atoms with E-state index in [0.29, 0.717) is 16.6 Å². The van der Waals surface area contributed by atoms with Crippen LogP contribution in [0.5, 0.6) is 0 Å². The highest BCUT2D eigenvalue weighted by atomic mass is 19.1. The largest absolute Gasteiger partial charge is 0.481 e. The molecule has 3 aromatic rings. The zero-order valence-corrected chi connectivity index (χ0v) is 16.3. The number of rotatable bonds is 5. The molecule has 0 fully saturated rings. The summed E-state index contributed by atoms with van der Waals surface area (Å²) in [6.45, 7) is 5.66. The smallest absolute Gasteiger partial charge is 0.303 e. The zero-order valence-electron chi connectivity index (χ0n) is 16.3. The lowest BCUT2D eigenvalue weighted by Gasteiger charge is -2.29. The monoisotopic (exact) mass is 398 g/mol. The fourth-order valence-corrected chi connectivity index (χ4v) is 3.26. The minimum atomic E-state index is -0.975. The second kappa shape index (κ2) is 7.59. The van der Waals surface area contributed by atoms with Gasteiger partial charge < -0.3 is 10.1 Å². The van der Waals surface area contributed by atoms with Gasteiger partial charge in [-0.25, -0.2) is 18.7 Å². The van der Waals surface area contributed by atoms with Gasteiger partial charge >= 0.3 is 5.97 Å². The molecule has 3 rings (SSSR count). The van der Waals surface area contributed by atoms with E-state index in [9.17, 15) is 23.9 Å². The average molecular weight is 398 g/mol. The number of carboxylic acids is 1. The van der Waals surface area contributed by atoms with E-state index >= 15 is 0 Å². The van der Waals surface area contributed by atoms with Crippen LogP contribution in [0.3, 0.4) is 0 Å². The van der Waals surface area contributed by atoms with Crippen molar-refractivity contribution in [2.75, 3.05) is 0 Å². The van der Waals surface area contributed by atoms with Gasteiger partial charge in [0.2, 0.25) is 0 Å². The van der Waals surface area contributed by atoms with Gasteiger partial charge in [-0.3, -0.25) is 4.79 Å². The van der Waals surface area contributed by atoms with Gasteiger partial charge in [0.05, 0.1) is 23.1 Å². The lowest BCUT2D eigenvalue weighted by atomic mass is 9.76. The number of aliphatic carboxylic acids is 1. The second-order valence-corrected chi connectivity index (χ2v) is 8.04. The third-order valence-corrected chi connectivity index (χ3v) is 5.01. The van der Waals surface area contributed by atoms with Gasteiger partial charge in [0.1, 0.15) is 23.4 Å². The summed E-state index contributed by atoms with van der Waals surface area (Å²) in [6, 6.07) is 4.28. The van der Waals surface area contributed by atoms with E-state index in [4.69, 9.17) is 0 Å². The summed E-state index contributed by atoms with van der Waals surface area (Å²) >= 11 is 0. The SMILES string of the molecule is CC(C)(C)[C@@H](CC(=O)O)Cc1nc(-c2c[nH]c3ncc(F)cc23)c(C#N)cc1F. The van der Waals surface area contributed by atoms with Crippen molar-refractivity contribution in [1.82, 2.24) is 15.0 Å². The highest BCUT2D eigenvalue weighted by Crippen LogP contribution is 2.34. The van der Waals surface area contributed by atoms with Crippen LogP contribution in [0.25, 0.3) is 22.3 Å². The highest BCUT2D eigenvalue weighted by Gasteiger charge is 2.29. The molecule has 0 unspecified atom stereocenters. The van der Waals surface area contributed by atoms with Crippen LogP contribution in [-0.2, 0) is 11.2 Å². The maximum atomic E-state index is 14.7. The molecule has 0 aliphatic heterocycles. The second-order valence-electron chi connectivity index (χ2n) is 8.04. The topological polar surface area (TPSA) is 103 Å². The molecule has 1 atom stereocenters. The van der Waals surface area contributed by atoms with Crippen molar-refractivity contribution in [3.05, 3.63) is 47.4 Å². The number of hydrogen-bond donors (Lipinski definition) is 2. The van der Waals surface area contributed by atoms with Crippen molar-refractivity contribution in [2.45, 2.75) is 33.6 Å². The number of nitriles is 1. The Kier molecular flexibility index (Phi) is 5.33. The van der Waals surface area contributed by atoms with E-state index in [2.05, 4.69) is 15.0 Å². The first-order valence-corrected chi connectivity index (χ1v) is 9.04. The molecule has 6 nitrogen and oxygen atoms in total. The molecule has 8 heteroatoms. The fourth-order valence-electron chi connectivity index (χ4n) is 3.26. The predicted octanol–water partition coefficient (Wildman–Crippen LogP) is 4.45. The van der Waals surface area contributed by atoms with Crippen molar-refractivity contribution >= 4 is 17.0 Å². The molecule has 0 saturated heterocycles. The number of aromatic nitrogens is 3. The third-order valence-electron chi connectivity index (χ3n) is 5.01. The Morgan fingerprint density at radius 2 is 2.07 bits per heavy atom. The zero-order chi connectivity index (χ0) is 21.3. The number of pyridine rings is 2. The van der Waals surface area contributed by atoms with Gasteiger partial charge in [-0.05, 0) is 29.9 Å². The third kappa shape index (κ3) is 4.24. The molecular weight excluding hydrogens is 378 g/mol. The van der Waals surface area contributed by atoms with Gasteiger partial charge in [-0.1, -0.05) is 20.8 Å². The first-order chi connectivity index (χ1) is 13.6. The van der Waals surface area contributed by atoms with Crippen LogP contribution < -0.4 is 0 Å². The number of carbonyl (C=O) groups is 1. The van der Waals surface area contributed by atoms with Crippen LogP contribution in [0.15, 0.2) is 24.5 Å². The van der Waals surface area contributed by atoms with E-state index < -0.39 is 23.0 Å². The van der Waals surface area contributed by atoms with Gasteiger partial charge in [-0.15, -0.1) is 0 Å². The van der Waals surface area contributed by atoms with Gasteiger partial charge in [-0.2, -0.15) is 5.26 Å². The number of nitrogens with zero attached hydrogens (tertiary/aromatic N) is 3. The minimum Gasteiger partial charge on any atom is -0.481 e. The molecule has 0 aliphatic carbocycles. The minimum absolute atomic E-state index is 0.00181. The normalized spacial score (nSPS) is 12.7. The molecule has 0 radical (unpaired) electrons. The van der Waals surface area contributed by atoms with Crippen molar-refractivity contribution < 1.29 is 18.7 Å². The van der Waals surface area contributed by atoms with E-state index in [1.807, 2.05) is 26.8 Å². The lowest BCUT2D eigenvalue weighted by Crippen LogP contribution is -2.26. The molecule has 3 heterocycles. The molecule has 0 bridgehead atoms. The molecule has 0 saturated carbocycles. The predicted molar refractivity (Wildman–Crippen MR) is 103 cm³/mol. The molecule has 2 N–H and O–H groups in total. The molecular formula is C21H20F2N4O2. The summed E-state index contributed by atoms with van der Waals surface area (Å²) in [5, 5.41) is 19.1. The Morgan fingerprint density at radius 1 is 1.34 bits per heavy atom. The quantitative estimate of drug-likeness (QED) is 0.661. The van der Waals surface area contributed by atoms with E-state index in [1.165, 1.54) is 6.07 Å². The number of carboxylic acid groups (broad SMARTS) is 1. The number of nitrogens with one attached hydrogen (secondary N) is 1. The summed E-state index contributed by atoms with van der Waals surface area (Å²) in [7, 11) is 0. The Balaban J connectivity index is 2.13. The van der Waals surface area contributed by atoms with Crippen LogP contribution in [0, 0.1) is 34.3 Å². The van der Waals surface area contributed by atoms with Crippen LogP contribution in [-0.4, -0.2) is 26.0 Å². The lowest BCUT2D eigenvalue weighted by molar-refractivity contribution is -0.139. The molecule has 29 heavy (non-hydrogen) atoms. The maximum Gasteiger partial charge on any atom is 0.303 e. The van der Waals surface area contributed by atoms with Crippen molar-refractivity contribution in [2.24, 2.45) is 11.3 Å². The van der Waals surface area contributed by atoms with E-state index in [1.54, 1.807) is 6.20 Å². The molecule has 0 aliphatic rings. The van der Waals surface area contributed by atoms with E-state index in [0.717, 1.165) is 12.3 Å². The number of halogens is 2. The van der Waals surface area contributed by atoms with Crippen molar-refractivity contribution in [3.8, 4) is 17.3 Å². The summed E-state index contributed by atoms with van der Waals surface area (Å²) < 4.78 is 28.4. The molecule has 3 aromatic heterocycles. The van der Waals surface area contributed by atoms with Crippen molar-refractivity contribution in [1.29, 1.82) is 5.26 Å². The van der Waals surface area contributed by atoms with Gasteiger partial charge in [0.25, 0.3) is 0 Å². The number of aromatic amines is 1. The highest BCUT2D eigenvalue weighted by molar-refractivity contribution is 5.93. The number of H-pyrrole nitrogens is 1. The Labute approximate surface area is 166 Å². The first kappa shape index (κ1) is 20.4. The number of hydrogen-bond acceptors (Lipinski definition) is 4. The Hall–Kier alpha value is -3.34. The standard InChI is InChI=1S/C21H20F2N4O2/c1-21(2,3)12(6-18(28)29)5-17-16(23)4-11(8-24)19(27-17)15-10-26-20-14(15)7-13(22)9-25-20/h4,7,9-10,12H,5-6H2,1-3H3,(H,25,26)(H,28,29)/t12-/m1/s1. The van der Waals surface area contributed by atoms with E-state index in [-0.39, 0.29) is 35.7 Å². The average Bonchev–Trinajstić information content (AvgIpc) is 3.04. The summed E-state index contributed by atoms with van der Waals surface area (Å²) in [5.41, 5.74) is 0.715. The van der Waals surface area contributed by atoms with Crippen molar-refractivity contribution in [3.63, 3.8) is 0 Å². The molecule has 150 valence electrons. The first-order valence-electron chi connectivity index (χ1n) is 9.04. The molecule has 0 aromatic carbocycles. The van der Waals surface area contributed by atoms with Gasteiger partial charge in [0.15, 0.2) is 0 Å². The maximum absolute atomic E-state index is 14.7. The van der Waals surface area contributed by atoms with Crippen LogP contribution in [0.2, 0.25) is 0 Å². The Bertz CT molecular complexity index is 1130. The summed E-state index contributed by atoms with van der Waals surface area (Å²) in [4.78, 5) is 22.5. The summed E-state index contributed by atoms with van der Waals surface area (Å²) in [5.74, 6) is -2.57. The van der Waals surface area contributed by atoms with Crippen LogP contribution >= 0.6 is 0 Å². The summed E-state index contributed by atoms with van der Waals surface area (Å²) in [6.07, 6.45) is 2.56. The fraction of sp³-hybridized carbons (Fsp3) is 0.333. The molecule has 0 spiro atoms. The van der Waals surface area contributed by atoms with Crippen LogP contribution in [0.4, 0.5) is 8.78 Å².